The largest absolute Gasteiger partial charge is 0.480 e. The van der Waals surface area contributed by atoms with E-state index in [1.54, 1.807) is 6.20 Å². The van der Waals surface area contributed by atoms with Crippen molar-refractivity contribution in [3.05, 3.63) is 18.2 Å². The fraction of sp³-hybridized carbons (Fsp3) is 0.583. The molecule has 0 bridgehead atoms. The van der Waals surface area contributed by atoms with Gasteiger partial charge in [-0.15, -0.1) is 0 Å². The van der Waals surface area contributed by atoms with Gasteiger partial charge >= 0.3 is 5.97 Å². The number of rotatable bonds is 7. The Morgan fingerprint density at radius 2 is 1.87 bits per heavy atom. The lowest BCUT2D eigenvalue weighted by molar-refractivity contribution is -0.142. The second-order valence-corrected chi connectivity index (χ2v) is 4.92. The topological polar surface area (TPSA) is 247 Å². The highest BCUT2D eigenvalue weighted by molar-refractivity contribution is 5.86. The molecule has 0 aliphatic heterocycles. The van der Waals surface area contributed by atoms with Gasteiger partial charge in [-0.1, -0.05) is 13.8 Å². The van der Waals surface area contributed by atoms with Gasteiger partial charge in [-0.05, 0) is 12.3 Å². The van der Waals surface area contributed by atoms with Crippen LogP contribution in [-0.4, -0.2) is 60.9 Å². The number of hydrogen-bond donors (Lipinski definition) is 4. The van der Waals surface area contributed by atoms with Crippen molar-refractivity contribution in [1.29, 1.82) is 0 Å². The molecule has 11 heteroatoms. The minimum absolute atomic E-state index is 0. The predicted octanol–water partition coefficient (Wildman–Crippen LogP) is -3.40. The van der Waals surface area contributed by atoms with Crippen molar-refractivity contribution < 1.29 is 36.6 Å². The molecular weight excluding hydrogens is 312 g/mol. The molecule has 0 radical (unpaired) electrons. The Hall–Kier alpha value is -2.05. The molecule has 0 saturated heterocycles. The Kier molecular flexibility index (Phi) is 17.2. The van der Waals surface area contributed by atoms with Gasteiger partial charge in [0.15, 0.2) is 0 Å². The molecule has 23 heavy (non-hydrogen) atoms. The Bertz CT molecular complexity index is 425. The number of carboxylic acids is 1. The van der Waals surface area contributed by atoms with Crippen molar-refractivity contribution in [1.82, 2.24) is 15.3 Å². The lowest BCUT2D eigenvalue weighted by Gasteiger charge is -2.19. The molecule has 1 heterocycles. The van der Waals surface area contributed by atoms with E-state index in [0.717, 1.165) is 5.69 Å². The van der Waals surface area contributed by atoms with Gasteiger partial charge in [0, 0.05) is 18.3 Å². The van der Waals surface area contributed by atoms with Gasteiger partial charge < -0.3 is 43.0 Å². The molecule has 1 amide bonds. The van der Waals surface area contributed by atoms with Crippen LogP contribution < -0.4 is 11.1 Å². The third-order valence-corrected chi connectivity index (χ3v) is 2.65. The Morgan fingerprint density at radius 1 is 1.30 bits per heavy atom. The zero-order chi connectivity index (χ0) is 14.4. The van der Waals surface area contributed by atoms with Crippen molar-refractivity contribution in [3.8, 4) is 0 Å². The second kappa shape index (κ2) is 13.6. The van der Waals surface area contributed by atoms with E-state index < -0.39 is 24.0 Å². The van der Waals surface area contributed by atoms with Crippen LogP contribution in [0.25, 0.3) is 0 Å². The molecule has 1 rings (SSSR count). The Balaban J connectivity index is -0.000000451. The molecule has 0 aliphatic rings. The maximum atomic E-state index is 11.8. The molecule has 11 nitrogen and oxygen atoms in total. The fourth-order valence-electron chi connectivity index (χ4n) is 1.70. The molecule has 138 valence electrons. The van der Waals surface area contributed by atoms with Crippen LogP contribution in [0, 0.1) is 5.92 Å². The lowest BCUT2D eigenvalue weighted by Crippen LogP contribution is -2.49. The first kappa shape index (κ1) is 29.0. The van der Waals surface area contributed by atoms with Crippen LogP contribution >= 0.6 is 0 Å². The molecule has 1 aromatic rings. The molecule has 0 fully saturated rings. The quantitative estimate of drug-likeness (QED) is 0.394. The highest BCUT2D eigenvalue weighted by atomic mass is 16.4. The van der Waals surface area contributed by atoms with Crippen LogP contribution in [-0.2, 0) is 16.0 Å². The van der Waals surface area contributed by atoms with Crippen molar-refractivity contribution in [3.63, 3.8) is 0 Å². The van der Waals surface area contributed by atoms with Crippen LogP contribution in [0.4, 0.5) is 0 Å². The normalized spacial score (nSPS) is 11.7. The first-order chi connectivity index (χ1) is 8.90. The summed E-state index contributed by atoms with van der Waals surface area (Å²) < 4.78 is 0. The Morgan fingerprint density at radius 3 is 2.26 bits per heavy atom. The standard InChI is InChI=1S/C12H20N4O3.4H2O/c1-7(2)3-10(12(18)19)16-11(17)9(13)4-8-5-14-6-15-8;;;;/h5-7,9-10H,3-4,13H2,1-2H3,(H,14,15)(H,16,17)(H,18,19);4*1H2/t9-,10-;;;;/m0..../s1. The maximum Gasteiger partial charge on any atom is 0.326 e. The van der Waals surface area contributed by atoms with E-state index in [1.165, 1.54) is 6.33 Å². The minimum Gasteiger partial charge on any atom is -0.480 e. The molecule has 1 aromatic heterocycles. The molecule has 0 unspecified atom stereocenters. The summed E-state index contributed by atoms with van der Waals surface area (Å²) in [5.74, 6) is -1.34. The minimum atomic E-state index is -1.05. The summed E-state index contributed by atoms with van der Waals surface area (Å²) in [6.45, 7) is 3.79. The van der Waals surface area contributed by atoms with Crippen LogP contribution in [0.5, 0.6) is 0 Å². The summed E-state index contributed by atoms with van der Waals surface area (Å²) in [6, 6.07) is -1.70. The summed E-state index contributed by atoms with van der Waals surface area (Å²) in [4.78, 5) is 29.5. The summed E-state index contributed by atoms with van der Waals surface area (Å²) in [5.41, 5.74) is 6.47. The summed E-state index contributed by atoms with van der Waals surface area (Å²) in [6.07, 6.45) is 3.74. The number of hydrogen-bond acceptors (Lipinski definition) is 4. The smallest absolute Gasteiger partial charge is 0.326 e. The number of nitrogens with zero attached hydrogens (tertiary/aromatic N) is 1. The highest BCUT2D eigenvalue weighted by Gasteiger charge is 2.24. The zero-order valence-corrected chi connectivity index (χ0v) is 13.1. The van der Waals surface area contributed by atoms with E-state index in [4.69, 9.17) is 10.8 Å². The number of carbonyl (C=O) groups is 2. The van der Waals surface area contributed by atoms with Gasteiger partial charge in [-0.2, -0.15) is 0 Å². The van der Waals surface area contributed by atoms with E-state index in [1.807, 2.05) is 13.8 Å². The van der Waals surface area contributed by atoms with Crippen molar-refractivity contribution in [2.75, 3.05) is 0 Å². The van der Waals surface area contributed by atoms with Crippen molar-refractivity contribution in [2.45, 2.75) is 38.8 Å². The first-order valence-electron chi connectivity index (χ1n) is 6.16. The predicted molar refractivity (Wildman–Crippen MR) is 83.7 cm³/mol. The number of aromatic amines is 1. The van der Waals surface area contributed by atoms with Gasteiger partial charge in [-0.3, -0.25) is 4.79 Å². The number of carboxylic acid groups (broad SMARTS) is 1. The summed E-state index contributed by atoms with van der Waals surface area (Å²) in [7, 11) is 0. The maximum absolute atomic E-state index is 11.8. The molecule has 0 spiro atoms. The van der Waals surface area contributed by atoms with Gasteiger partial charge in [-0.25, -0.2) is 9.78 Å². The van der Waals surface area contributed by atoms with Gasteiger partial charge in [0.05, 0.1) is 12.4 Å². The number of aromatic nitrogens is 2. The van der Waals surface area contributed by atoms with Gasteiger partial charge in [0.1, 0.15) is 6.04 Å². The molecule has 0 saturated carbocycles. The van der Waals surface area contributed by atoms with Crippen LogP contribution in [0.1, 0.15) is 26.0 Å². The van der Waals surface area contributed by atoms with Crippen molar-refractivity contribution in [2.24, 2.45) is 11.7 Å². The number of nitrogens with one attached hydrogen (secondary N) is 2. The number of aliphatic carboxylic acids is 1. The number of amides is 1. The summed E-state index contributed by atoms with van der Waals surface area (Å²) in [5, 5.41) is 11.5. The lowest BCUT2D eigenvalue weighted by atomic mass is 10.0. The molecule has 0 aromatic carbocycles. The van der Waals surface area contributed by atoms with E-state index in [-0.39, 0.29) is 27.8 Å². The van der Waals surface area contributed by atoms with Crippen LogP contribution in [0.15, 0.2) is 12.5 Å². The van der Waals surface area contributed by atoms with E-state index in [0.29, 0.717) is 12.8 Å². The highest BCUT2D eigenvalue weighted by Crippen LogP contribution is 2.05. The third-order valence-electron chi connectivity index (χ3n) is 2.65. The number of nitrogens with two attached hydrogens (primary N) is 1. The second-order valence-electron chi connectivity index (χ2n) is 4.92. The SMILES string of the molecule is CC(C)C[C@H](NC(=O)[C@@H](N)Cc1cnc[nH]1)C(=O)O.O.O.O.O. The van der Waals surface area contributed by atoms with E-state index >= 15 is 0 Å². The average molecular weight is 340 g/mol. The van der Waals surface area contributed by atoms with Crippen LogP contribution in [0.2, 0.25) is 0 Å². The zero-order valence-electron chi connectivity index (χ0n) is 13.1. The molecule has 0 aliphatic carbocycles. The third kappa shape index (κ3) is 10.3. The van der Waals surface area contributed by atoms with Crippen LogP contribution in [0.3, 0.4) is 0 Å². The van der Waals surface area contributed by atoms with E-state index in [9.17, 15) is 9.59 Å². The number of imidazole rings is 1. The number of carbonyl (C=O) groups excluding carboxylic acids is 1. The van der Waals surface area contributed by atoms with Crippen molar-refractivity contribution >= 4 is 11.9 Å². The van der Waals surface area contributed by atoms with Gasteiger partial charge in [0.25, 0.3) is 0 Å². The molecular formula is C12H28N4O7. The average Bonchev–Trinajstić information content (AvgIpc) is 2.79. The van der Waals surface area contributed by atoms with E-state index in [2.05, 4.69) is 15.3 Å². The fourth-order valence-corrected chi connectivity index (χ4v) is 1.70. The molecule has 2 atom stereocenters. The number of H-pyrrole nitrogens is 1. The first-order valence-corrected chi connectivity index (χ1v) is 6.16. The monoisotopic (exact) mass is 340 g/mol. The molecule has 13 N–H and O–H groups in total. The Labute approximate surface area is 133 Å². The van der Waals surface area contributed by atoms with Gasteiger partial charge in [0.2, 0.25) is 5.91 Å². The summed E-state index contributed by atoms with van der Waals surface area (Å²) >= 11 is 0.